The molecule has 1 fully saturated rings. The molecule has 0 aliphatic carbocycles. The number of hydrogen-bond donors (Lipinski definition) is 1. The average Bonchev–Trinajstić information content (AvgIpc) is 2.52. The van der Waals surface area contributed by atoms with Crippen molar-refractivity contribution in [2.24, 2.45) is 0 Å². The molecular weight excluding hydrogens is 294 g/mol. The van der Waals surface area contributed by atoms with E-state index in [0.29, 0.717) is 24.7 Å². The van der Waals surface area contributed by atoms with Gasteiger partial charge < -0.3 is 19.7 Å². The maximum atomic E-state index is 12.2. The Morgan fingerprint density at radius 2 is 2.10 bits per heavy atom. The van der Waals surface area contributed by atoms with E-state index in [4.69, 9.17) is 9.47 Å². The fourth-order valence-corrected chi connectivity index (χ4v) is 2.02. The number of rotatable bonds is 6. The summed E-state index contributed by atoms with van der Waals surface area (Å²) in [6.45, 7) is 4.41. The minimum atomic E-state index is 0. The highest BCUT2D eigenvalue weighted by molar-refractivity contribution is 5.94. The van der Waals surface area contributed by atoms with Crippen LogP contribution in [0.2, 0.25) is 0 Å². The van der Waals surface area contributed by atoms with Crippen LogP contribution in [0, 0.1) is 0 Å². The zero-order valence-electron chi connectivity index (χ0n) is 12.2. The van der Waals surface area contributed by atoms with Crippen molar-refractivity contribution in [3.8, 4) is 5.88 Å². The number of halogens is 1. The second kappa shape index (κ2) is 9.55. The Morgan fingerprint density at radius 3 is 2.71 bits per heavy atom. The Labute approximate surface area is 131 Å². The van der Waals surface area contributed by atoms with Gasteiger partial charge in [0.15, 0.2) is 0 Å². The molecule has 1 saturated heterocycles. The molecule has 0 aromatic carbocycles. The molecule has 1 aromatic heterocycles. The molecule has 0 atom stereocenters. The number of aromatic nitrogens is 1. The quantitative estimate of drug-likeness (QED) is 0.792. The fourth-order valence-electron chi connectivity index (χ4n) is 2.02. The average molecular weight is 316 g/mol. The lowest BCUT2D eigenvalue weighted by Gasteiger charge is -2.27. The lowest BCUT2D eigenvalue weighted by atomic mass is 10.2. The first-order chi connectivity index (χ1) is 9.81. The first kappa shape index (κ1) is 17.7. The highest BCUT2D eigenvalue weighted by Crippen LogP contribution is 2.10. The van der Waals surface area contributed by atoms with Gasteiger partial charge in [-0.3, -0.25) is 4.79 Å². The number of methoxy groups -OCH3 is 1. The lowest BCUT2D eigenvalue weighted by Crippen LogP contribution is -2.46. The molecule has 118 valence electrons. The van der Waals surface area contributed by atoms with Crippen molar-refractivity contribution in [1.29, 1.82) is 0 Å². The monoisotopic (exact) mass is 315 g/mol. The van der Waals surface area contributed by atoms with Crippen molar-refractivity contribution in [1.82, 2.24) is 15.2 Å². The van der Waals surface area contributed by atoms with Gasteiger partial charge in [0.1, 0.15) is 0 Å². The van der Waals surface area contributed by atoms with Gasteiger partial charge in [-0.25, -0.2) is 4.98 Å². The van der Waals surface area contributed by atoms with E-state index in [9.17, 15) is 4.79 Å². The molecule has 21 heavy (non-hydrogen) atoms. The topological polar surface area (TPSA) is 63.7 Å². The minimum Gasteiger partial charge on any atom is -0.478 e. The number of amides is 1. The second-order valence-corrected chi connectivity index (χ2v) is 4.62. The number of nitrogens with zero attached hydrogens (tertiary/aromatic N) is 2. The summed E-state index contributed by atoms with van der Waals surface area (Å²) in [5, 5.41) is 3.22. The summed E-state index contributed by atoms with van der Waals surface area (Å²) in [5.41, 5.74) is 0.608. The van der Waals surface area contributed by atoms with Crippen molar-refractivity contribution in [2.75, 3.05) is 46.5 Å². The van der Waals surface area contributed by atoms with Crippen LogP contribution in [0.5, 0.6) is 5.88 Å². The molecule has 1 N–H and O–H groups in total. The van der Waals surface area contributed by atoms with Crippen LogP contribution in [0.25, 0.3) is 0 Å². The van der Waals surface area contributed by atoms with Crippen LogP contribution in [0.4, 0.5) is 0 Å². The van der Waals surface area contributed by atoms with E-state index in [1.54, 1.807) is 25.4 Å². The molecule has 7 heteroatoms. The molecule has 1 aliphatic heterocycles. The SMILES string of the molecule is COCCCOc1ccc(C(=O)N2CCNCC2)cn1.Cl. The van der Waals surface area contributed by atoms with Gasteiger partial charge in [0, 0.05) is 58.6 Å². The van der Waals surface area contributed by atoms with Gasteiger partial charge in [-0.1, -0.05) is 0 Å². The molecule has 1 aliphatic rings. The van der Waals surface area contributed by atoms with Crippen molar-refractivity contribution in [2.45, 2.75) is 6.42 Å². The molecular formula is C14H22ClN3O3. The van der Waals surface area contributed by atoms with Crippen molar-refractivity contribution in [3.63, 3.8) is 0 Å². The summed E-state index contributed by atoms with van der Waals surface area (Å²) in [5.74, 6) is 0.572. The minimum absolute atomic E-state index is 0. The molecule has 2 heterocycles. The molecule has 0 radical (unpaired) electrons. The normalized spacial score (nSPS) is 14.4. The Balaban J connectivity index is 0.00000220. The summed E-state index contributed by atoms with van der Waals surface area (Å²) >= 11 is 0. The molecule has 2 rings (SSSR count). The number of piperazine rings is 1. The zero-order valence-corrected chi connectivity index (χ0v) is 13.0. The van der Waals surface area contributed by atoms with Gasteiger partial charge in [0.25, 0.3) is 5.91 Å². The van der Waals surface area contributed by atoms with E-state index >= 15 is 0 Å². The van der Waals surface area contributed by atoms with E-state index < -0.39 is 0 Å². The van der Waals surface area contributed by atoms with E-state index in [-0.39, 0.29) is 18.3 Å². The highest BCUT2D eigenvalue weighted by atomic mass is 35.5. The largest absolute Gasteiger partial charge is 0.478 e. The van der Waals surface area contributed by atoms with Crippen LogP contribution in [0.3, 0.4) is 0 Å². The van der Waals surface area contributed by atoms with Gasteiger partial charge in [0.2, 0.25) is 5.88 Å². The first-order valence-corrected chi connectivity index (χ1v) is 6.89. The summed E-state index contributed by atoms with van der Waals surface area (Å²) in [7, 11) is 1.66. The zero-order chi connectivity index (χ0) is 14.2. The van der Waals surface area contributed by atoms with Crippen molar-refractivity contribution < 1.29 is 14.3 Å². The number of nitrogens with one attached hydrogen (secondary N) is 1. The van der Waals surface area contributed by atoms with E-state index in [1.807, 2.05) is 4.90 Å². The molecule has 0 saturated carbocycles. The predicted octanol–water partition coefficient (Wildman–Crippen LogP) is 0.964. The van der Waals surface area contributed by atoms with E-state index in [1.165, 1.54) is 0 Å². The molecule has 0 spiro atoms. The number of ether oxygens (including phenoxy) is 2. The Bertz CT molecular complexity index is 422. The standard InChI is InChI=1S/C14H21N3O3.ClH/c1-19-9-2-10-20-13-4-3-12(11-16-13)14(18)17-7-5-15-6-8-17;/h3-4,11,15H,2,5-10H2,1H3;1H. The summed E-state index contributed by atoms with van der Waals surface area (Å²) in [6, 6.07) is 3.51. The summed E-state index contributed by atoms with van der Waals surface area (Å²) < 4.78 is 10.4. The van der Waals surface area contributed by atoms with Crippen molar-refractivity contribution in [3.05, 3.63) is 23.9 Å². The fraction of sp³-hybridized carbons (Fsp3) is 0.571. The van der Waals surface area contributed by atoms with Gasteiger partial charge in [-0.15, -0.1) is 12.4 Å². The number of carbonyl (C=O) groups excluding carboxylic acids is 1. The first-order valence-electron chi connectivity index (χ1n) is 6.89. The Kier molecular flexibility index (Phi) is 8.04. The third-order valence-electron chi connectivity index (χ3n) is 3.13. The maximum Gasteiger partial charge on any atom is 0.255 e. The van der Waals surface area contributed by atoms with Gasteiger partial charge >= 0.3 is 0 Å². The molecule has 6 nitrogen and oxygen atoms in total. The van der Waals surface area contributed by atoms with Crippen LogP contribution >= 0.6 is 12.4 Å². The number of pyridine rings is 1. The predicted molar refractivity (Wildman–Crippen MR) is 82.2 cm³/mol. The summed E-state index contributed by atoms with van der Waals surface area (Å²) in [6.07, 6.45) is 2.40. The third-order valence-corrected chi connectivity index (χ3v) is 3.13. The van der Waals surface area contributed by atoms with E-state index in [0.717, 1.165) is 32.6 Å². The van der Waals surface area contributed by atoms with Crippen LogP contribution in [-0.4, -0.2) is 62.3 Å². The van der Waals surface area contributed by atoms with Gasteiger partial charge in [-0.05, 0) is 6.07 Å². The molecule has 0 bridgehead atoms. The van der Waals surface area contributed by atoms with Crippen LogP contribution < -0.4 is 10.1 Å². The maximum absolute atomic E-state index is 12.2. The molecule has 1 aromatic rings. The smallest absolute Gasteiger partial charge is 0.255 e. The molecule has 1 amide bonds. The van der Waals surface area contributed by atoms with E-state index in [2.05, 4.69) is 10.3 Å². The van der Waals surface area contributed by atoms with Gasteiger partial charge in [0.05, 0.1) is 12.2 Å². The highest BCUT2D eigenvalue weighted by Gasteiger charge is 2.18. The lowest BCUT2D eigenvalue weighted by molar-refractivity contribution is 0.0735. The second-order valence-electron chi connectivity index (χ2n) is 4.62. The van der Waals surface area contributed by atoms with Crippen LogP contribution in [-0.2, 0) is 4.74 Å². The molecule has 0 unspecified atom stereocenters. The van der Waals surface area contributed by atoms with Crippen LogP contribution in [0.1, 0.15) is 16.8 Å². The Morgan fingerprint density at radius 1 is 1.33 bits per heavy atom. The number of hydrogen-bond acceptors (Lipinski definition) is 5. The summed E-state index contributed by atoms with van der Waals surface area (Å²) in [4.78, 5) is 18.2. The van der Waals surface area contributed by atoms with Crippen LogP contribution in [0.15, 0.2) is 18.3 Å². The number of carbonyl (C=O) groups is 1. The third kappa shape index (κ3) is 5.49. The Hall–Kier alpha value is -1.37. The van der Waals surface area contributed by atoms with Crippen molar-refractivity contribution >= 4 is 18.3 Å². The van der Waals surface area contributed by atoms with Gasteiger partial charge in [-0.2, -0.15) is 0 Å².